The molecule has 0 aliphatic heterocycles. The van der Waals surface area contributed by atoms with E-state index in [0.717, 1.165) is 41.6 Å². The van der Waals surface area contributed by atoms with Gasteiger partial charge in [0.2, 0.25) is 5.91 Å². The van der Waals surface area contributed by atoms with Crippen molar-refractivity contribution < 1.29 is 14.3 Å². The third-order valence-corrected chi connectivity index (χ3v) is 8.91. The Morgan fingerprint density at radius 1 is 1.16 bits per heavy atom. The van der Waals surface area contributed by atoms with Crippen LogP contribution in [0.15, 0.2) is 46.3 Å². The number of hydrogen-bond acceptors (Lipinski definition) is 7. The number of aryl methyl sites for hydroxylation is 3. The average molecular weight is 556 g/mol. The highest BCUT2D eigenvalue weighted by Crippen LogP contribution is 2.36. The number of methoxy groups -OCH3 is 2. The summed E-state index contributed by atoms with van der Waals surface area (Å²) in [7, 11) is 3.13. The van der Waals surface area contributed by atoms with Crippen molar-refractivity contribution in [3.63, 3.8) is 0 Å². The molecule has 0 bridgehead atoms. The Kier molecular flexibility index (Phi) is 7.46. The Balaban J connectivity index is 1.50. The first-order valence-electron chi connectivity index (χ1n) is 11.9. The van der Waals surface area contributed by atoms with Gasteiger partial charge in [0.1, 0.15) is 16.3 Å². The number of amides is 1. The summed E-state index contributed by atoms with van der Waals surface area (Å²) >= 11 is 9.01. The zero-order valence-corrected chi connectivity index (χ0v) is 23.1. The topological polar surface area (TPSA) is 82.4 Å². The normalized spacial score (nSPS) is 12.9. The second-order valence-electron chi connectivity index (χ2n) is 8.76. The van der Waals surface area contributed by atoms with E-state index < -0.39 is 0 Å². The number of fused-ring (bicyclic) bond motifs is 3. The minimum absolute atomic E-state index is 0.0595. The Morgan fingerprint density at radius 3 is 2.65 bits per heavy atom. The number of thiophene rings is 1. The van der Waals surface area contributed by atoms with Gasteiger partial charge < -0.3 is 14.8 Å². The molecule has 1 N–H and O–H groups in total. The molecule has 0 unspecified atom stereocenters. The summed E-state index contributed by atoms with van der Waals surface area (Å²) in [5.41, 5.74) is 3.07. The molecule has 2 aromatic carbocycles. The molecule has 1 amide bonds. The van der Waals surface area contributed by atoms with Crippen molar-refractivity contribution >= 4 is 56.5 Å². The maximum atomic E-state index is 13.9. The van der Waals surface area contributed by atoms with Crippen molar-refractivity contribution in [1.82, 2.24) is 9.55 Å². The zero-order chi connectivity index (χ0) is 26.1. The first-order valence-corrected chi connectivity index (χ1v) is 14.1. The Hall–Kier alpha value is -3.01. The summed E-state index contributed by atoms with van der Waals surface area (Å²) in [6.45, 7) is 1.86. The molecule has 192 valence electrons. The second kappa shape index (κ2) is 10.8. The van der Waals surface area contributed by atoms with E-state index in [1.54, 1.807) is 35.1 Å². The van der Waals surface area contributed by atoms with Crippen LogP contribution in [0.3, 0.4) is 0 Å². The van der Waals surface area contributed by atoms with Crippen molar-refractivity contribution in [2.75, 3.05) is 25.3 Å². The van der Waals surface area contributed by atoms with Crippen molar-refractivity contribution in [2.45, 2.75) is 37.8 Å². The molecule has 37 heavy (non-hydrogen) atoms. The number of benzene rings is 2. The van der Waals surface area contributed by atoms with E-state index in [1.165, 1.54) is 23.7 Å². The average Bonchev–Trinajstić information content (AvgIpc) is 3.28. The van der Waals surface area contributed by atoms with Crippen LogP contribution in [-0.4, -0.2) is 35.4 Å². The van der Waals surface area contributed by atoms with E-state index in [2.05, 4.69) is 5.32 Å². The van der Waals surface area contributed by atoms with Crippen LogP contribution in [0.2, 0.25) is 5.02 Å². The minimum Gasteiger partial charge on any atom is -0.497 e. The van der Waals surface area contributed by atoms with Gasteiger partial charge in [-0.05, 0) is 74.1 Å². The van der Waals surface area contributed by atoms with Crippen LogP contribution in [0.25, 0.3) is 15.9 Å². The van der Waals surface area contributed by atoms with Gasteiger partial charge in [0, 0.05) is 16.0 Å². The lowest BCUT2D eigenvalue weighted by Gasteiger charge is -2.15. The Bertz CT molecular complexity index is 1550. The summed E-state index contributed by atoms with van der Waals surface area (Å²) in [6.07, 6.45) is 4.07. The number of carbonyl (C=O) groups excluding carboxylic acids is 1. The summed E-state index contributed by atoms with van der Waals surface area (Å²) in [5.74, 6) is 0.989. The van der Waals surface area contributed by atoms with Crippen LogP contribution in [0.1, 0.15) is 28.8 Å². The number of carbonyl (C=O) groups is 1. The molecule has 4 aromatic rings. The SMILES string of the molecule is COc1ccc(-n2c(SCC(=O)Nc3cc(C)c(Cl)cc3OC)nc3sc4c(c3c2=O)CCCC4)cc1. The van der Waals surface area contributed by atoms with Gasteiger partial charge in [-0.2, -0.15) is 0 Å². The highest BCUT2D eigenvalue weighted by atomic mass is 35.5. The molecule has 2 heterocycles. The quantitative estimate of drug-likeness (QED) is 0.221. The molecule has 0 saturated carbocycles. The molecule has 10 heteroatoms. The van der Waals surface area contributed by atoms with Crippen LogP contribution < -0.4 is 20.3 Å². The van der Waals surface area contributed by atoms with Crippen molar-refractivity contribution in [3.05, 3.63) is 67.8 Å². The fourth-order valence-corrected chi connectivity index (χ4v) is 6.76. The van der Waals surface area contributed by atoms with Gasteiger partial charge in [-0.15, -0.1) is 11.3 Å². The summed E-state index contributed by atoms with van der Waals surface area (Å²) in [4.78, 5) is 33.7. The number of anilines is 1. The molecule has 5 rings (SSSR count). The van der Waals surface area contributed by atoms with E-state index in [4.69, 9.17) is 26.1 Å². The smallest absolute Gasteiger partial charge is 0.267 e. The van der Waals surface area contributed by atoms with Crippen LogP contribution in [-0.2, 0) is 17.6 Å². The number of rotatable bonds is 7. The van der Waals surface area contributed by atoms with E-state index in [0.29, 0.717) is 38.4 Å². The Labute approximate surface area is 227 Å². The first-order chi connectivity index (χ1) is 17.9. The summed E-state index contributed by atoms with van der Waals surface area (Å²) < 4.78 is 12.3. The highest BCUT2D eigenvalue weighted by molar-refractivity contribution is 7.99. The fraction of sp³-hybridized carbons (Fsp3) is 0.296. The number of ether oxygens (including phenoxy) is 2. The molecule has 0 fully saturated rings. The first kappa shape index (κ1) is 25.6. The summed E-state index contributed by atoms with van der Waals surface area (Å²) in [5, 5.41) is 4.62. The van der Waals surface area contributed by atoms with Gasteiger partial charge in [0.25, 0.3) is 5.56 Å². The number of halogens is 1. The number of hydrogen-bond donors (Lipinski definition) is 1. The van der Waals surface area contributed by atoms with Gasteiger partial charge >= 0.3 is 0 Å². The lowest BCUT2D eigenvalue weighted by atomic mass is 9.97. The third kappa shape index (κ3) is 5.08. The number of aromatic nitrogens is 2. The Morgan fingerprint density at radius 2 is 1.92 bits per heavy atom. The van der Waals surface area contributed by atoms with Gasteiger partial charge in [0.05, 0.1) is 36.7 Å². The standard InChI is InChI=1S/C27H26ClN3O4S2/c1-15-12-20(21(35-3)13-19(15)28)29-23(32)14-36-27-30-25-24(18-6-4-5-7-22(18)37-25)26(33)31(27)16-8-10-17(34-2)11-9-16/h8-13H,4-7,14H2,1-3H3,(H,29,32). The van der Waals surface area contributed by atoms with Crippen LogP contribution in [0, 0.1) is 6.92 Å². The van der Waals surface area contributed by atoms with Crippen molar-refractivity contribution in [3.8, 4) is 17.2 Å². The van der Waals surface area contributed by atoms with Crippen LogP contribution >= 0.6 is 34.7 Å². The molecule has 0 spiro atoms. The van der Waals surface area contributed by atoms with E-state index in [9.17, 15) is 9.59 Å². The van der Waals surface area contributed by atoms with Gasteiger partial charge in [-0.3, -0.25) is 14.2 Å². The van der Waals surface area contributed by atoms with Gasteiger partial charge in [-0.25, -0.2) is 4.98 Å². The maximum absolute atomic E-state index is 13.9. The van der Waals surface area contributed by atoms with Gasteiger partial charge in [-0.1, -0.05) is 23.4 Å². The summed E-state index contributed by atoms with van der Waals surface area (Å²) in [6, 6.07) is 10.7. The number of nitrogens with one attached hydrogen (secondary N) is 1. The maximum Gasteiger partial charge on any atom is 0.267 e. The van der Waals surface area contributed by atoms with Crippen molar-refractivity contribution in [1.29, 1.82) is 0 Å². The monoisotopic (exact) mass is 555 g/mol. The second-order valence-corrected chi connectivity index (χ2v) is 11.2. The lowest BCUT2D eigenvalue weighted by Crippen LogP contribution is -2.23. The van der Waals surface area contributed by atoms with E-state index >= 15 is 0 Å². The van der Waals surface area contributed by atoms with E-state index in [1.807, 2.05) is 31.2 Å². The lowest BCUT2D eigenvalue weighted by molar-refractivity contribution is -0.113. The molecular weight excluding hydrogens is 530 g/mol. The molecule has 0 atom stereocenters. The van der Waals surface area contributed by atoms with Gasteiger partial charge in [0.15, 0.2) is 5.16 Å². The molecule has 1 aliphatic carbocycles. The number of thioether (sulfide) groups is 1. The van der Waals surface area contributed by atoms with Crippen molar-refractivity contribution in [2.24, 2.45) is 0 Å². The molecule has 0 saturated heterocycles. The van der Waals surface area contributed by atoms with Crippen LogP contribution in [0.4, 0.5) is 5.69 Å². The molecule has 7 nitrogen and oxygen atoms in total. The molecule has 1 aliphatic rings. The predicted octanol–water partition coefficient (Wildman–Crippen LogP) is 6.04. The largest absolute Gasteiger partial charge is 0.497 e. The zero-order valence-electron chi connectivity index (χ0n) is 20.7. The molecule has 0 radical (unpaired) electrons. The fourth-order valence-electron chi connectivity index (χ4n) is 4.49. The molecule has 2 aromatic heterocycles. The predicted molar refractivity (Wildman–Crippen MR) is 151 cm³/mol. The minimum atomic E-state index is -0.244. The third-order valence-electron chi connectivity index (χ3n) is 6.38. The number of nitrogens with zero attached hydrogens (tertiary/aromatic N) is 2. The highest BCUT2D eigenvalue weighted by Gasteiger charge is 2.23. The van der Waals surface area contributed by atoms with Crippen LogP contribution in [0.5, 0.6) is 11.5 Å². The van der Waals surface area contributed by atoms with E-state index in [-0.39, 0.29) is 17.2 Å². The molecular formula is C27H26ClN3O4S2.